The van der Waals surface area contributed by atoms with Gasteiger partial charge < -0.3 is 4.90 Å². The quantitative estimate of drug-likeness (QED) is 0.645. The number of carbonyl (C=O) groups excluding carboxylic acids is 1. The van der Waals surface area contributed by atoms with E-state index in [0.717, 1.165) is 37.4 Å². The lowest BCUT2D eigenvalue weighted by Crippen LogP contribution is -2.40. The molecule has 4 heteroatoms. The minimum absolute atomic E-state index is 0.209. The van der Waals surface area contributed by atoms with Gasteiger partial charge in [0.1, 0.15) is 0 Å². The molecule has 3 aromatic rings. The summed E-state index contributed by atoms with van der Waals surface area (Å²) >= 11 is 0. The molecule has 3 aromatic carbocycles. The van der Waals surface area contributed by atoms with Gasteiger partial charge in [0.05, 0.1) is 11.1 Å². The molecule has 30 heavy (non-hydrogen) atoms. The summed E-state index contributed by atoms with van der Waals surface area (Å²) in [7, 11) is 4.11. The maximum atomic E-state index is 13.8. The summed E-state index contributed by atoms with van der Waals surface area (Å²) in [4.78, 5) is 20.3. The van der Waals surface area contributed by atoms with E-state index < -0.39 is 5.41 Å². The first-order valence-electron chi connectivity index (χ1n) is 10.6. The third kappa shape index (κ3) is 2.99. The summed E-state index contributed by atoms with van der Waals surface area (Å²) in [5, 5.41) is 0. The second-order valence-electron chi connectivity index (χ2n) is 8.60. The van der Waals surface area contributed by atoms with Crippen molar-refractivity contribution in [3.05, 3.63) is 90.0 Å². The number of hydrogen-bond acceptors (Lipinski definition) is 3. The fraction of sp³-hybridized carbons (Fsp3) is 0.269. The first-order valence-corrected chi connectivity index (χ1v) is 10.6. The van der Waals surface area contributed by atoms with Crippen molar-refractivity contribution in [3.8, 4) is 0 Å². The summed E-state index contributed by atoms with van der Waals surface area (Å²) in [5.41, 5.74) is 5.20. The molecule has 0 radical (unpaired) electrons. The molecule has 0 saturated carbocycles. The molecule has 0 aliphatic carbocycles. The Bertz CT molecular complexity index is 1060. The van der Waals surface area contributed by atoms with Gasteiger partial charge >= 0.3 is 0 Å². The summed E-state index contributed by atoms with van der Waals surface area (Å²) < 4.78 is 0. The highest BCUT2D eigenvalue weighted by atomic mass is 16.2. The third-order valence-electron chi connectivity index (χ3n) is 6.49. The van der Waals surface area contributed by atoms with E-state index in [1.54, 1.807) is 0 Å². The Morgan fingerprint density at radius 1 is 0.900 bits per heavy atom. The van der Waals surface area contributed by atoms with Crippen LogP contribution in [0.2, 0.25) is 0 Å². The molecular weight excluding hydrogens is 370 g/mol. The topological polar surface area (TPSA) is 26.8 Å². The fourth-order valence-corrected chi connectivity index (χ4v) is 4.92. The van der Waals surface area contributed by atoms with Crippen LogP contribution in [-0.4, -0.2) is 38.0 Å². The molecule has 0 bridgehead atoms. The molecule has 1 saturated heterocycles. The Morgan fingerprint density at radius 2 is 1.60 bits per heavy atom. The van der Waals surface area contributed by atoms with Gasteiger partial charge in [-0.25, -0.2) is 0 Å². The molecule has 5 rings (SSSR count). The van der Waals surface area contributed by atoms with E-state index in [9.17, 15) is 4.79 Å². The number of fused-ring (bicyclic) bond motifs is 2. The van der Waals surface area contributed by atoms with E-state index in [-0.39, 0.29) is 5.91 Å². The van der Waals surface area contributed by atoms with E-state index in [1.807, 2.05) is 41.3 Å². The van der Waals surface area contributed by atoms with Gasteiger partial charge in [-0.15, -0.1) is 0 Å². The van der Waals surface area contributed by atoms with Gasteiger partial charge in [-0.1, -0.05) is 48.5 Å². The minimum Gasteiger partial charge on any atom is -0.378 e. The lowest BCUT2D eigenvalue weighted by Gasteiger charge is -2.25. The molecule has 0 N–H and O–H groups in total. The average Bonchev–Trinajstić information content (AvgIpc) is 3.29. The second-order valence-corrected chi connectivity index (χ2v) is 8.60. The number of anilines is 3. The first kappa shape index (κ1) is 18.9. The number of amides is 1. The van der Waals surface area contributed by atoms with E-state index in [2.05, 4.69) is 66.4 Å². The summed E-state index contributed by atoms with van der Waals surface area (Å²) in [6.45, 7) is 2.57. The zero-order valence-corrected chi connectivity index (χ0v) is 17.6. The van der Waals surface area contributed by atoms with Crippen LogP contribution < -0.4 is 9.80 Å². The van der Waals surface area contributed by atoms with Crippen molar-refractivity contribution in [2.45, 2.75) is 18.4 Å². The zero-order chi connectivity index (χ0) is 20.7. The summed E-state index contributed by atoms with van der Waals surface area (Å²) in [6, 6.07) is 27.0. The lowest BCUT2D eigenvalue weighted by molar-refractivity contribution is -0.122. The number of hydrogen-bond donors (Lipinski definition) is 0. The molecule has 2 aliphatic heterocycles. The Balaban J connectivity index is 1.43. The Labute approximate surface area is 178 Å². The molecule has 1 atom stereocenters. The normalized spacial score (nSPS) is 20.7. The lowest BCUT2D eigenvalue weighted by atomic mass is 9.81. The van der Waals surface area contributed by atoms with Crippen LogP contribution in [0.5, 0.6) is 0 Å². The molecule has 1 fully saturated rings. The van der Waals surface area contributed by atoms with Crippen LogP contribution in [0.25, 0.3) is 0 Å². The van der Waals surface area contributed by atoms with Gasteiger partial charge in [0, 0.05) is 38.6 Å². The smallest absolute Gasteiger partial charge is 0.243 e. The van der Waals surface area contributed by atoms with Gasteiger partial charge in [0.25, 0.3) is 0 Å². The van der Waals surface area contributed by atoms with E-state index in [1.165, 1.54) is 16.8 Å². The van der Waals surface area contributed by atoms with Crippen LogP contribution in [0, 0.1) is 0 Å². The van der Waals surface area contributed by atoms with Crippen molar-refractivity contribution < 1.29 is 4.79 Å². The van der Waals surface area contributed by atoms with E-state index in [0.29, 0.717) is 0 Å². The SMILES string of the molecule is CN(C)c1ccc(CN2CCC3(C2)C(=O)N(c2ccccc2)c2ccccc23)cc1. The van der Waals surface area contributed by atoms with Crippen LogP contribution in [0.4, 0.5) is 17.1 Å². The summed E-state index contributed by atoms with van der Waals surface area (Å²) in [5.74, 6) is 0.209. The van der Waals surface area contributed by atoms with Crippen molar-refractivity contribution in [3.63, 3.8) is 0 Å². The standard InChI is InChI=1S/C26H27N3O/c1-27(2)21-14-12-20(13-15-21)18-28-17-16-26(19-28)23-10-6-7-11-24(23)29(25(26)30)22-8-4-3-5-9-22/h3-15H,16-19H2,1-2H3. The number of rotatable bonds is 4. The molecule has 1 unspecified atom stereocenters. The van der Waals surface area contributed by atoms with Gasteiger partial charge in [-0.2, -0.15) is 0 Å². The van der Waals surface area contributed by atoms with Crippen LogP contribution in [0.15, 0.2) is 78.9 Å². The van der Waals surface area contributed by atoms with Gasteiger partial charge in [-0.3, -0.25) is 14.6 Å². The molecule has 2 heterocycles. The fourth-order valence-electron chi connectivity index (χ4n) is 4.92. The Kier molecular flexibility index (Phi) is 4.59. The highest BCUT2D eigenvalue weighted by molar-refractivity contribution is 6.13. The molecule has 1 spiro atoms. The summed E-state index contributed by atoms with van der Waals surface area (Å²) in [6.07, 6.45) is 0.863. The predicted octanol–water partition coefficient (Wildman–Crippen LogP) is 4.57. The molecule has 152 valence electrons. The number of carbonyl (C=O) groups is 1. The number of likely N-dealkylation sites (tertiary alicyclic amines) is 1. The highest BCUT2D eigenvalue weighted by Crippen LogP contribution is 2.50. The van der Waals surface area contributed by atoms with Gasteiger partial charge in [-0.05, 0) is 54.4 Å². The molecular formula is C26H27N3O. The largest absolute Gasteiger partial charge is 0.378 e. The van der Waals surface area contributed by atoms with Gasteiger partial charge in [0.2, 0.25) is 5.91 Å². The van der Waals surface area contributed by atoms with Gasteiger partial charge in [0.15, 0.2) is 0 Å². The van der Waals surface area contributed by atoms with E-state index >= 15 is 0 Å². The van der Waals surface area contributed by atoms with Crippen molar-refractivity contribution in [1.82, 2.24) is 4.90 Å². The predicted molar refractivity (Wildman–Crippen MR) is 122 cm³/mol. The van der Waals surface area contributed by atoms with E-state index in [4.69, 9.17) is 0 Å². The monoisotopic (exact) mass is 397 g/mol. The Hall–Kier alpha value is -3.11. The van der Waals surface area contributed by atoms with Crippen molar-refractivity contribution >= 4 is 23.0 Å². The maximum Gasteiger partial charge on any atom is 0.243 e. The van der Waals surface area contributed by atoms with Crippen molar-refractivity contribution in [1.29, 1.82) is 0 Å². The van der Waals surface area contributed by atoms with Crippen LogP contribution in [0.1, 0.15) is 17.5 Å². The number of benzene rings is 3. The average molecular weight is 398 g/mol. The Morgan fingerprint density at radius 3 is 2.33 bits per heavy atom. The number of nitrogens with zero attached hydrogens (tertiary/aromatic N) is 3. The van der Waals surface area contributed by atoms with Crippen molar-refractivity contribution in [2.24, 2.45) is 0 Å². The van der Waals surface area contributed by atoms with Crippen LogP contribution in [-0.2, 0) is 16.8 Å². The zero-order valence-electron chi connectivity index (χ0n) is 17.6. The number of para-hydroxylation sites is 2. The molecule has 0 aromatic heterocycles. The maximum absolute atomic E-state index is 13.8. The first-order chi connectivity index (χ1) is 14.6. The highest BCUT2D eigenvalue weighted by Gasteiger charge is 2.54. The molecule has 4 nitrogen and oxygen atoms in total. The van der Waals surface area contributed by atoms with Crippen LogP contribution in [0.3, 0.4) is 0 Å². The minimum atomic E-state index is -0.448. The third-order valence-corrected chi connectivity index (χ3v) is 6.49. The molecule has 2 aliphatic rings. The van der Waals surface area contributed by atoms with Crippen molar-refractivity contribution in [2.75, 3.05) is 37.0 Å². The van der Waals surface area contributed by atoms with Crippen LogP contribution >= 0.6 is 0 Å². The second kappa shape index (κ2) is 7.29. The molecule has 1 amide bonds.